The number of hydrogen-bond acceptors (Lipinski definition) is 2. The van der Waals surface area contributed by atoms with E-state index in [2.05, 4.69) is 230 Å². The molecule has 1 aromatic heterocycles. The minimum atomic E-state index is 0.782. The van der Waals surface area contributed by atoms with Crippen LogP contribution in [0.2, 0.25) is 0 Å². The molecule has 0 N–H and O–H groups in total. The molecule has 9 aromatic carbocycles. The van der Waals surface area contributed by atoms with Gasteiger partial charge in [-0.05, 0) is 92.5 Å². The summed E-state index contributed by atoms with van der Waals surface area (Å²) in [6.45, 7) is 2.16. The molecule has 0 amide bonds. The highest BCUT2D eigenvalue weighted by atomic mass is 32.1. The van der Waals surface area contributed by atoms with Crippen molar-refractivity contribution in [1.82, 2.24) is 0 Å². The molecule has 0 aliphatic carbocycles. The van der Waals surface area contributed by atoms with Gasteiger partial charge in [-0.2, -0.15) is 0 Å². The van der Waals surface area contributed by atoms with Gasteiger partial charge in [0.15, 0.2) is 0 Å². The van der Waals surface area contributed by atoms with E-state index in [0.717, 1.165) is 17.8 Å². The topological polar surface area (TPSA) is 3.24 Å². The molecule has 10 aromatic rings. The molecule has 0 fully saturated rings. The number of rotatable bonds is 9. The Hall–Kier alpha value is -7.00. The first-order valence-corrected chi connectivity index (χ1v) is 20.8. The van der Waals surface area contributed by atoms with Gasteiger partial charge in [-0.1, -0.05) is 194 Å². The van der Waals surface area contributed by atoms with E-state index in [9.17, 15) is 0 Å². The third kappa shape index (κ3) is 6.68. The fraction of sp³-hybridized carbons (Fsp3) is 0.0357. The van der Waals surface area contributed by atoms with Crippen LogP contribution in [0.15, 0.2) is 224 Å². The van der Waals surface area contributed by atoms with Crippen LogP contribution >= 0.6 is 11.3 Å². The third-order valence-electron chi connectivity index (χ3n) is 11.3. The highest BCUT2D eigenvalue weighted by molar-refractivity contribution is 7.26. The Labute approximate surface area is 344 Å². The summed E-state index contributed by atoms with van der Waals surface area (Å²) >= 11 is 1.87. The van der Waals surface area contributed by atoms with Crippen molar-refractivity contribution < 1.29 is 0 Å². The molecule has 0 radical (unpaired) electrons. The number of benzene rings is 9. The van der Waals surface area contributed by atoms with E-state index >= 15 is 0 Å². The normalized spacial score (nSPS) is 12.2. The van der Waals surface area contributed by atoms with Crippen molar-refractivity contribution in [3.63, 3.8) is 0 Å². The average Bonchev–Trinajstić information content (AvgIpc) is 3.68. The molecular weight excluding hydrogens is 719 g/mol. The van der Waals surface area contributed by atoms with E-state index < -0.39 is 0 Å². The minimum absolute atomic E-state index is 0.782. The SMILES string of the molecule is C/C=C(\C(=C/Cc1ccc2ccccc2c1)N(c1ccc(-c2ccc(-c3cccc4ccccc34)cc2)cc1)c1cccc2c1sc1ccccc12)c1ccccc1. The van der Waals surface area contributed by atoms with Crippen LogP contribution in [0, 0.1) is 0 Å². The number of allylic oxidation sites excluding steroid dienone is 3. The Morgan fingerprint density at radius 1 is 0.500 bits per heavy atom. The average molecular weight is 760 g/mol. The lowest BCUT2D eigenvalue weighted by atomic mass is 9.96. The first-order chi connectivity index (χ1) is 28.7. The number of fused-ring (bicyclic) bond motifs is 5. The largest absolute Gasteiger partial charge is 0.309 e. The van der Waals surface area contributed by atoms with E-state index in [0.29, 0.717) is 0 Å². The smallest absolute Gasteiger partial charge is 0.0640 e. The van der Waals surface area contributed by atoms with Crippen LogP contribution in [0.1, 0.15) is 18.1 Å². The molecule has 0 saturated heterocycles. The number of hydrogen-bond donors (Lipinski definition) is 0. The van der Waals surface area contributed by atoms with Gasteiger partial charge in [0.1, 0.15) is 0 Å². The zero-order chi connectivity index (χ0) is 38.8. The van der Waals surface area contributed by atoms with Gasteiger partial charge in [0.05, 0.1) is 16.1 Å². The van der Waals surface area contributed by atoms with Gasteiger partial charge < -0.3 is 4.90 Å². The second kappa shape index (κ2) is 15.5. The van der Waals surface area contributed by atoms with E-state index in [1.165, 1.54) is 86.4 Å². The molecule has 0 aliphatic heterocycles. The van der Waals surface area contributed by atoms with Crippen LogP contribution < -0.4 is 4.90 Å². The van der Waals surface area contributed by atoms with E-state index in [4.69, 9.17) is 0 Å². The quantitative estimate of drug-likeness (QED) is 0.133. The van der Waals surface area contributed by atoms with Crippen molar-refractivity contribution in [2.75, 3.05) is 4.90 Å². The first kappa shape index (κ1) is 35.4. The third-order valence-corrected chi connectivity index (χ3v) is 12.5. The van der Waals surface area contributed by atoms with Crippen LogP contribution in [0.3, 0.4) is 0 Å². The van der Waals surface area contributed by atoms with Crippen LogP contribution in [0.5, 0.6) is 0 Å². The Bertz CT molecular complexity index is 3130. The molecule has 0 bridgehead atoms. The van der Waals surface area contributed by atoms with Crippen molar-refractivity contribution in [3.8, 4) is 22.3 Å². The molecule has 0 saturated carbocycles. The Morgan fingerprint density at radius 3 is 1.91 bits per heavy atom. The van der Waals surface area contributed by atoms with Gasteiger partial charge in [0, 0.05) is 26.7 Å². The van der Waals surface area contributed by atoms with Crippen molar-refractivity contribution in [2.45, 2.75) is 13.3 Å². The molecule has 0 spiro atoms. The maximum absolute atomic E-state index is 2.49. The zero-order valence-electron chi connectivity index (χ0n) is 32.3. The molecule has 1 heterocycles. The van der Waals surface area contributed by atoms with Crippen LogP contribution in [-0.4, -0.2) is 0 Å². The van der Waals surface area contributed by atoms with Gasteiger partial charge in [-0.15, -0.1) is 11.3 Å². The van der Waals surface area contributed by atoms with Crippen LogP contribution in [0.4, 0.5) is 11.4 Å². The summed E-state index contributed by atoms with van der Waals surface area (Å²) in [5, 5.41) is 7.63. The molecule has 2 heteroatoms. The van der Waals surface area contributed by atoms with Crippen molar-refractivity contribution in [2.24, 2.45) is 0 Å². The summed E-state index contributed by atoms with van der Waals surface area (Å²) in [7, 11) is 0. The van der Waals surface area contributed by atoms with Crippen molar-refractivity contribution in [1.29, 1.82) is 0 Å². The summed E-state index contributed by atoms with van der Waals surface area (Å²) in [5.74, 6) is 0. The van der Waals surface area contributed by atoms with Gasteiger partial charge in [0.25, 0.3) is 0 Å². The summed E-state index contributed by atoms with van der Waals surface area (Å²) in [6.07, 6.45) is 5.48. The fourth-order valence-corrected chi connectivity index (χ4v) is 9.63. The van der Waals surface area contributed by atoms with E-state index in [1.54, 1.807) is 0 Å². The lowest BCUT2D eigenvalue weighted by Crippen LogP contribution is -2.18. The number of thiophene rings is 1. The molecule has 0 atom stereocenters. The molecule has 276 valence electrons. The summed E-state index contributed by atoms with van der Waals surface area (Å²) < 4.78 is 2.57. The predicted molar refractivity (Wildman–Crippen MR) is 252 cm³/mol. The summed E-state index contributed by atoms with van der Waals surface area (Å²) in [6, 6.07) is 75.2. The molecule has 0 unspecified atom stereocenters. The Kier molecular flexibility index (Phi) is 9.47. The monoisotopic (exact) mass is 759 g/mol. The zero-order valence-corrected chi connectivity index (χ0v) is 33.2. The Morgan fingerprint density at radius 2 is 1.12 bits per heavy atom. The maximum atomic E-state index is 2.49. The molecule has 1 nitrogen and oxygen atoms in total. The van der Waals surface area contributed by atoms with E-state index in [-0.39, 0.29) is 0 Å². The minimum Gasteiger partial charge on any atom is -0.309 e. The van der Waals surface area contributed by atoms with E-state index in [1.807, 2.05) is 11.3 Å². The number of anilines is 2. The molecular formula is C56H41NS. The first-order valence-electron chi connectivity index (χ1n) is 20.0. The second-order valence-corrected chi connectivity index (χ2v) is 15.8. The van der Waals surface area contributed by atoms with Crippen molar-refractivity contribution in [3.05, 3.63) is 235 Å². The number of nitrogens with zero attached hydrogens (tertiary/aromatic N) is 1. The maximum Gasteiger partial charge on any atom is 0.0640 e. The van der Waals surface area contributed by atoms with Crippen LogP contribution in [0.25, 0.3) is 69.5 Å². The Balaban J connectivity index is 1.11. The second-order valence-electron chi connectivity index (χ2n) is 14.8. The predicted octanol–water partition coefficient (Wildman–Crippen LogP) is 16.1. The standard InChI is InChI=1S/C56H41NS/c1-2-48(43-15-4-3-5-16-43)53(37-27-39-26-28-40-14-6-7-18-46(40)38-39)57(54-24-13-23-52-51-21-10-11-25-55(51)58-56(52)54)47-35-33-42(34-36-47)41-29-31-45(32-30-41)50-22-12-19-44-17-8-9-20-49(44)50/h2-26,28-38H,27H2,1H3/b48-2-,53-37+. The fourth-order valence-electron chi connectivity index (χ4n) is 8.42. The molecule has 10 rings (SSSR count). The van der Waals surface area contributed by atoms with Gasteiger partial charge in [0.2, 0.25) is 0 Å². The van der Waals surface area contributed by atoms with Gasteiger partial charge in [-0.25, -0.2) is 0 Å². The highest BCUT2D eigenvalue weighted by Crippen LogP contribution is 2.45. The lowest BCUT2D eigenvalue weighted by Gasteiger charge is -2.31. The van der Waals surface area contributed by atoms with Crippen molar-refractivity contribution >= 4 is 70.0 Å². The van der Waals surface area contributed by atoms with Gasteiger partial charge >= 0.3 is 0 Å². The molecule has 58 heavy (non-hydrogen) atoms. The summed E-state index contributed by atoms with van der Waals surface area (Å²) in [5.41, 5.74) is 11.9. The summed E-state index contributed by atoms with van der Waals surface area (Å²) in [4.78, 5) is 2.49. The lowest BCUT2D eigenvalue weighted by molar-refractivity contribution is 1.17. The van der Waals surface area contributed by atoms with Crippen LogP contribution in [-0.2, 0) is 6.42 Å². The molecule has 0 aliphatic rings. The van der Waals surface area contributed by atoms with Gasteiger partial charge in [-0.3, -0.25) is 0 Å². The highest BCUT2D eigenvalue weighted by Gasteiger charge is 2.23.